The molecule has 0 saturated carbocycles. The molecule has 2 aromatic rings. The van der Waals surface area contributed by atoms with Gasteiger partial charge in [0.1, 0.15) is 29.5 Å². The molecule has 3 N–H and O–H groups in total. The Hall–Kier alpha value is -3.56. The van der Waals surface area contributed by atoms with Crippen LogP contribution in [0.15, 0.2) is 36.3 Å². The molecule has 0 spiro atoms. The Kier molecular flexibility index (Phi) is 9.47. The molecule has 0 bridgehead atoms. The van der Waals surface area contributed by atoms with Gasteiger partial charge in [-0.2, -0.15) is 0 Å². The lowest BCUT2D eigenvalue weighted by molar-refractivity contribution is 0.0514. The molecule has 0 saturated heterocycles. The van der Waals surface area contributed by atoms with Crippen LogP contribution in [-0.4, -0.2) is 42.4 Å². The third-order valence-corrected chi connectivity index (χ3v) is 4.39. The number of esters is 1. The first-order valence-corrected chi connectivity index (χ1v) is 10.8. The van der Waals surface area contributed by atoms with E-state index in [0.717, 1.165) is 5.56 Å². The van der Waals surface area contributed by atoms with Gasteiger partial charge in [-0.05, 0) is 57.9 Å². The number of aromatic nitrogens is 1. The Morgan fingerprint density at radius 2 is 1.94 bits per heavy atom. The molecule has 0 radical (unpaired) electrons. The van der Waals surface area contributed by atoms with Crippen molar-refractivity contribution in [3.05, 3.63) is 58.9 Å². The molecule has 0 aliphatic heterocycles. The van der Waals surface area contributed by atoms with E-state index in [0.29, 0.717) is 17.6 Å². The van der Waals surface area contributed by atoms with Gasteiger partial charge in [-0.25, -0.2) is 18.4 Å². The maximum absolute atomic E-state index is 14.1. The summed E-state index contributed by atoms with van der Waals surface area (Å²) >= 11 is 0. The molecular formula is C24H31F2N3O5. The highest BCUT2D eigenvalue weighted by atomic mass is 19.1. The molecule has 8 nitrogen and oxygen atoms in total. The number of benzene rings is 1. The Morgan fingerprint density at radius 1 is 1.21 bits per heavy atom. The highest BCUT2D eigenvalue weighted by Crippen LogP contribution is 2.23. The van der Waals surface area contributed by atoms with Crippen molar-refractivity contribution in [1.82, 2.24) is 10.3 Å². The molecule has 1 aromatic carbocycles. The normalized spacial score (nSPS) is 11.7. The molecular weight excluding hydrogens is 448 g/mol. The highest BCUT2D eigenvalue weighted by Gasteiger charge is 2.18. The van der Waals surface area contributed by atoms with Gasteiger partial charge in [0.2, 0.25) is 0 Å². The van der Waals surface area contributed by atoms with E-state index in [-0.39, 0.29) is 43.3 Å². The first-order chi connectivity index (χ1) is 16.0. The standard InChI is InChI=1S/C24H31F2N3O5/c1-6-32-22(30)21-20(15(2)11-27-21)28-12-16-7-18(26)9-19(8-16)33-14-17(10-25)13-29-23(31)34-24(3,4)5/h7-11,27-28H,6,12-14H2,1-5H3,(H,29,31)/b17-10+. The van der Waals surface area contributed by atoms with Gasteiger partial charge in [-0.15, -0.1) is 0 Å². The van der Waals surface area contributed by atoms with E-state index in [9.17, 15) is 18.4 Å². The number of rotatable bonds is 10. The Labute approximate surface area is 197 Å². The molecule has 34 heavy (non-hydrogen) atoms. The minimum Gasteiger partial charge on any atom is -0.489 e. The summed E-state index contributed by atoms with van der Waals surface area (Å²) in [6.45, 7) is 8.79. The summed E-state index contributed by atoms with van der Waals surface area (Å²) in [7, 11) is 0. The van der Waals surface area contributed by atoms with E-state index in [1.807, 2.05) is 6.92 Å². The molecule has 186 valence electrons. The SMILES string of the molecule is CCOC(=O)c1[nH]cc(C)c1NCc1cc(F)cc(OC/C(=C/F)CNC(=O)OC(C)(C)C)c1. The quantitative estimate of drug-likeness (QED) is 0.414. The summed E-state index contributed by atoms with van der Waals surface area (Å²) in [5, 5.41) is 5.55. The number of H-pyrrole nitrogens is 1. The Balaban J connectivity index is 1.98. The predicted octanol–water partition coefficient (Wildman–Crippen LogP) is 5.01. The summed E-state index contributed by atoms with van der Waals surface area (Å²) in [5.74, 6) is -0.847. The number of anilines is 1. The van der Waals surface area contributed by atoms with E-state index in [4.69, 9.17) is 14.2 Å². The zero-order valence-corrected chi connectivity index (χ0v) is 20.0. The monoisotopic (exact) mass is 479 g/mol. The van der Waals surface area contributed by atoms with Crippen LogP contribution in [-0.2, 0) is 16.0 Å². The van der Waals surface area contributed by atoms with Crippen molar-refractivity contribution in [2.45, 2.75) is 46.8 Å². The van der Waals surface area contributed by atoms with E-state index in [1.54, 1.807) is 40.0 Å². The van der Waals surface area contributed by atoms with Crippen LogP contribution in [0.3, 0.4) is 0 Å². The minimum absolute atomic E-state index is 0.126. The van der Waals surface area contributed by atoms with Gasteiger partial charge in [0.15, 0.2) is 0 Å². The fourth-order valence-electron chi connectivity index (χ4n) is 2.91. The first-order valence-electron chi connectivity index (χ1n) is 10.8. The van der Waals surface area contributed by atoms with Crippen molar-refractivity contribution in [2.24, 2.45) is 0 Å². The summed E-state index contributed by atoms with van der Waals surface area (Å²) in [6, 6.07) is 4.09. The number of amides is 1. The average Bonchev–Trinajstić information content (AvgIpc) is 3.11. The summed E-state index contributed by atoms with van der Waals surface area (Å²) in [5.41, 5.74) is 1.64. The van der Waals surface area contributed by atoms with Gasteiger partial charge in [-0.3, -0.25) is 0 Å². The van der Waals surface area contributed by atoms with Crippen LogP contribution in [0.2, 0.25) is 0 Å². The Morgan fingerprint density at radius 3 is 2.59 bits per heavy atom. The Bertz CT molecular complexity index is 1030. The number of alkyl carbamates (subject to hydrolysis) is 1. The average molecular weight is 480 g/mol. The molecule has 0 aliphatic carbocycles. The van der Waals surface area contributed by atoms with Gasteiger partial charge in [-0.1, -0.05) is 0 Å². The molecule has 2 rings (SSSR count). The molecule has 1 heterocycles. The number of carbonyl (C=O) groups excluding carboxylic acids is 2. The first kappa shape index (κ1) is 26.7. The van der Waals surface area contributed by atoms with E-state index in [2.05, 4.69) is 15.6 Å². The maximum atomic E-state index is 14.1. The lowest BCUT2D eigenvalue weighted by Crippen LogP contribution is -2.34. The third kappa shape index (κ3) is 8.42. The van der Waals surface area contributed by atoms with Crippen molar-refractivity contribution >= 4 is 17.7 Å². The van der Waals surface area contributed by atoms with Gasteiger partial charge in [0.25, 0.3) is 0 Å². The second-order valence-electron chi connectivity index (χ2n) is 8.50. The second-order valence-corrected chi connectivity index (χ2v) is 8.50. The number of nitrogens with one attached hydrogen (secondary N) is 3. The molecule has 10 heteroatoms. The number of halogens is 2. The molecule has 0 unspecified atom stereocenters. The van der Waals surface area contributed by atoms with E-state index < -0.39 is 23.5 Å². The van der Waals surface area contributed by atoms with Crippen LogP contribution in [0.5, 0.6) is 5.75 Å². The van der Waals surface area contributed by atoms with Crippen molar-refractivity contribution < 1.29 is 32.6 Å². The van der Waals surface area contributed by atoms with Crippen molar-refractivity contribution in [3.63, 3.8) is 0 Å². The number of aromatic amines is 1. The van der Waals surface area contributed by atoms with Crippen molar-refractivity contribution in [3.8, 4) is 5.75 Å². The molecule has 0 atom stereocenters. The summed E-state index contributed by atoms with van der Waals surface area (Å²) in [4.78, 5) is 26.7. The van der Waals surface area contributed by atoms with Crippen LogP contribution >= 0.6 is 0 Å². The van der Waals surface area contributed by atoms with Crippen LogP contribution in [0.25, 0.3) is 0 Å². The fourth-order valence-corrected chi connectivity index (χ4v) is 2.91. The van der Waals surface area contributed by atoms with E-state index >= 15 is 0 Å². The van der Waals surface area contributed by atoms with Crippen LogP contribution in [0.4, 0.5) is 19.3 Å². The fraction of sp³-hybridized carbons (Fsp3) is 0.417. The molecule has 1 aromatic heterocycles. The number of ether oxygens (including phenoxy) is 3. The predicted molar refractivity (Wildman–Crippen MR) is 124 cm³/mol. The topological polar surface area (TPSA) is 102 Å². The van der Waals surface area contributed by atoms with Gasteiger partial charge in [0.05, 0.1) is 18.6 Å². The third-order valence-electron chi connectivity index (χ3n) is 4.39. The second kappa shape index (κ2) is 12.1. The van der Waals surface area contributed by atoms with Gasteiger partial charge >= 0.3 is 12.1 Å². The van der Waals surface area contributed by atoms with Crippen LogP contribution < -0.4 is 15.4 Å². The smallest absolute Gasteiger partial charge is 0.407 e. The van der Waals surface area contributed by atoms with Gasteiger partial charge < -0.3 is 29.8 Å². The zero-order chi connectivity index (χ0) is 25.3. The number of hydrogen-bond donors (Lipinski definition) is 3. The molecule has 0 aliphatic rings. The summed E-state index contributed by atoms with van der Waals surface area (Å²) in [6.07, 6.45) is 1.31. The highest BCUT2D eigenvalue weighted by molar-refractivity contribution is 5.94. The zero-order valence-electron chi connectivity index (χ0n) is 20.0. The lowest BCUT2D eigenvalue weighted by atomic mass is 10.2. The largest absolute Gasteiger partial charge is 0.489 e. The number of aryl methyl sites for hydroxylation is 1. The van der Waals surface area contributed by atoms with Gasteiger partial charge in [0, 0.05) is 30.9 Å². The van der Waals surface area contributed by atoms with Crippen LogP contribution in [0, 0.1) is 12.7 Å². The number of carbonyl (C=O) groups is 2. The van der Waals surface area contributed by atoms with Crippen molar-refractivity contribution in [1.29, 1.82) is 0 Å². The van der Waals surface area contributed by atoms with Crippen LogP contribution in [0.1, 0.15) is 49.3 Å². The maximum Gasteiger partial charge on any atom is 0.407 e. The van der Waals surface area contributed by atoms with Crippen molar-refractivity contribution in [2.75, 3.05) is 25.1 Å². The molecule has 1 amide bonds. The van der Waals surface area contributed by atoms with E-state index in [1.165, 1.54) is 12.1 Å². The number of hydrogen-bond acceptors (Lipinski definition) is 6. The minimum atomic E-state index is -0.687. The summed E-state index contributed by atoms with van der Waals surface area (Å²) < 4.78 is 43.0. The molecule has 0 fully saturated rings. The lowest BCUT2D eigenvalue weighted by Gasteiger charge is -2.20.